The molecule has 108 valence electrons. The van der Waals surface area contributed by atoms with Gasteiger partial charge in [0, 0.05) is 12.1 Å². The van der Waals surface area contributed by atoms with Crippen LogP contribution < -0.4 is 5.32 Å². The fraction of sp³-hybridized carbons (Fsp3) is 0.692. The molecule has 0 saturated heterocycles. The van der Waals surface area contributed by atoms with Crippen LogP contribution in [0.15, 0.2) is 12.7 Å². The Morgan fingerprint density at radius 1 is 1.53 bits per heavy atom. The summed E-state index contributed by atoms with van der Waals surface area (Å²) in [6.07, 6.45) is 2.61. The Bertz CT molecular complexity index is 362. The van der Waals surface area contributed by atoms with E-state index in [1.165, 1.54) is 13.0 Å². The van der Waals surface area contributed by atoms with Crippen LogP contribution >= 0.6 is 0 Å². The third-order valence-electron chi connectivity index (χ3n) is 3.57. The van der Waals surface area contributed by atoms with Crippen LogP contribution in [0.3, 0.4) is 0 Å². The van der Waals surface area contributed by atoms with Gasteiger partial charge in [0.05, 0.1) is 6.54 Å². The molecular formula is C13H22N2O4. The number of likely N-dealkylation sites (N-methyl/N-ethyl adjacent to an activating group) is 1. The van der Waals surface area contributed by atoms with Crippen molar-refractivity contribution in [1.82, 2.24) is 10.2 Å². The normalized spacial score (nSPS) is 25.3. The summed E-state index contributed by atoms with van der Waals surface area (Å²) in [5, 5.41) is 21.2. The summed E-state index contributed by atoms with van der Waals surface area (Å²) < 4.78 is 0. The summed E-state index contributed by atoms with van der Waals surface area (Å²) in [5.41, 5.74) is -1.56. The van der Waals surface area contributed by atoms with Gasteiger partial charge in [0.25, 0.3) is 5.91 Å². The standard InChI is InChI=1S/C13H22N2O4/c1-4-13(3,19)12(18)14-9-6-10(7-9)15(5-2)8-11(16)17/h4,9-10,19H,1,5-8H2,2-3H3,(H,14,18)(H,16,17). The zero-order valence-corrected chi connectivity index (χ0v) is 11.4. The topological polar surface area (TPSA) is 89.9 Å². The molecule has 1 amide bonds. The maximum Gasteiger partial charge on any atom is 0.317 e. The average Bonchev–Trinajstić information content (AvgIpc) is 2.30. The number of amides is 1. The first-order chi connectivity index (χ1) is 8.80. The molecule has 1 fully saturated rings. The Labute approximate surface area is 113 Å². The van der Waals surface area contributed by atoms with E-state index < -0.39 is 17.5 Å². The third kappa shape index (κ3) is 4.04. The Morgan fingerprint density at radius 2 is 2.11 bits per heavy atom. The first kappa shape index (κ1) is 15.7. The van der Waals surface area contributed by atoms with E-state index in [4.69, 9.17) is 5.11 Å². The number of carbonyl (C=O) groups is 2. The molecule has 1 saturated carbocycles. The highest BCUT2D eigenvalue weighted by Gasteiger charge is 2.37. The summed E-state index contributed by atoms with van der Waals surface area (Å²) in [7, 11) is 0. The lowest BCUT2D eigenvalue weighted by Crippen LogP contribution is -2.57. The van der Waals surface area contributed by atoms with Crippen LogP contribution in [0.5, 0.6) is 0 Å². The molecule has 0 heterocycles. The number of aliphatic hydroxyl groups is 1. The fourth-order valence-electron chi connectivity index (χ4n) is 2.10. The van der Waals surface area contributed by atoms with Crippen molar-refractivity contribution in [2.24, 2.45) is 0 Å². The lowest BCUT2D eigenvalue weighted by molar-refractivity contribution is -0.140. The van der Waals surface area contributed by atoms with Gasteiger partial charge in [-0.2, -0.15) is 0 Å². The second-order valence-electron chi connectivity index (χ2n) is 5.10. The van der Waals surface area contributed by atoms with Crippen molar-refractivity contribution in [3.63, 3.8) is 0 Å². The van der Waals surface area contributed by atoms with E-state index in [9.17, 15) is 14.7 Å². The summed E-state index contributed by atoms with van der Waals surface area (Å²) >= 11 is 0. The summed E-state index contributed by atoms with van der Waals surface area (Å²) in [4.78, 5) is 24.2. The molecule has 0 bridgehead atoms. The lowest BCUT2D eigenvalue weighted by atomic mass is 9.84. The minimum atomic E-state index is -1.56. The second kappa shape index (κ2) is 6.16. The van der Waals surface area contributed by atoms with Crippen LogP contribution in [0.4, 0.5) is 0 Å². The number of nitrogens with one attached hydrogen (secondary N) is 1. The van der Waals surface area contributed by atoms with Crippen molar-refractivity contribution in [1.29, 1.82) is 0 Å². The molecule has 0 aromatic carbocycles. The van der Waals surface area contributed by atoms with Gasteiger partial charge in [-0.3, -0.25) is 14.5 Å². The molecule has 6 heteroatoms. The quantitative estimate of drug-likeness (QED) is 0.566. The zero-order chi connectivity index (χ0) is 14.6. The molecule has 3 N–H and O–H groups in total. The predicted molar refractivity (Wildman–Crippen MR) is 70.7 cm³/mol. The minimum absolute atomic E-state index is 0.00762. The molecule has 0 aromatic heterocycles. The highest BCUT2D eigenvalue weighted by molar-refractivity contribution is 5.86. The second-order valence-corrected chi connectivity index (χ2v) is 5.10. The van der Waals surface area contributed by atoms with Gasteiger partial charge >= 0.3 is 5.97 Å². The number of hydrogen-bond acceptors (Lipinski definition) is 4. The molecule has 6 nitrogen and oxygen atoms in total. The third-order valence-corrected chi connectivity index (χ3v) is 3.57. The van der Waals surface area contributed by atoms with Crippen LogP contribution in [-0.2, 0) is 9.59 Å². The van der Waals surface area contributed by atoms with E-state index in [2.05, 4.69) is 11.9 Å². The van der Waals surface area contributed by atoms with Crippen LogP contribution in [0.25, 0.3) is 0 Å². The van der Waals surface area contributed by atoms with Crippen molar-refractivity contribution in [3.05, 3.63) is 12.7 Å². The molecular weight excluding hydrogens is 248 g/mol. The molecule has 0 aromatic rings. The van der Waals surface area contributed by atoms with Gasteiger partial charge in [-0.05, 0) is 26.3 Å². The largest absolute Gasteiger partial charge is 0.480 e. The van der Waals surface area contributed by atoms with E-state index in [0.717, 1.165) is 0 Å². The first-order valence-electron chi connectivity index (χ1n) is 6.43. The summed E-state index contributed by atoms with van der Waals surface area (Å²) in [6.45, 7) is 7.40. The van der Waals surface area contributed by atoms with Gasteiger partial charge < -0.3 is 15.5 Å². The summed E-state index contributed by atoms with van der Waals surface area (Å²) in [5.74, 6) is -1.31. The van der Waals surface area contributed by atoms with Crippen molar-refractivity contribution >= 4 is 11.9 Å². The minimum Gasteiger partial charge on any atom is -0.480 e. The zero-order valence-electron chi connectivity index (χ0n) is 11.4. The van der Waals surface area contributed by atoms with E-state index >= 15 is 0 Å². The molecule has 0 spiro atoms. The highest BCUT2D eigenvalue weighted by Crippen LogP contribution is 2.26. The number of nitrogens with zero attached hydrogens (tertiary/aromatic N) is 1. The van der Waals surface area contributed by atoms with Gasteiger partial charge in [0.15, 0.2) is 5.60 Å². The molecule has 1 rings (SSSR count). The predicted octanol–water partition coefficient (Wildman–Crippen LogP) is -0.0229. The van der Waals surface area contributed by atoms with Gasteiger partial charge in [-0.15, -0.1) is 0 Å². The Hall–Kier alpha value is -1.40. The average molecular weight is 270 g/mol. The smallest absolute Gasteiger partial charge is 0.317 e. The van der Waals surface area contributed by atoms with Gasteiger partial charge in [0.2, 0.25) is 0 Å². The van der Waals surface area contributed by atoms with Crippen molar-refractivity contribution in [3.8, 4) is 0 Å². The van der Waals surface area contributed by atoms with Gasteiger partial charge in [-0.1, -0.05) is 19.6 Å². The van der Waals surface area contributed by atoms with Crippen LogP contribution in [0.1, 0.15) is 26.7 Å². The van der Waals surface area contributed by atoms with Crippen LogP contribution in [0.2, 0.25) is 0 Å². The van der Waals surface area contributed by atoms with Gasteiger partial charge in [-0.25, -0.2) is 0 Å². The molecule has 0 aliphatic heterocycles. The van der Waals surface area contributed by atoms with Gasteiger partial charge in [0.1, 0.15) is 0 Å². The molecule has 1 unspecified atom stereocenters. The Morgan fingerprint density at radius 3 is 2.53 bits per heavy atom. The van der Waals surface area contributed by atoms with E-state index in [1.807, 2.05) is 11.8 Å². The Kier molecular flexibility index (Phi) is 5.08. The van der Waals surface area contributed by atoms with Crippen LogP contribution in [0, 0.1) is 0 Å². The maximum atomic E-state index is 11.7. The molecule has 19 heavy (non-hydrogen) atoms. The number of carboxylic acids is 1. The Balaban J connectivity index is 2.39. The number of carbonyl (C=O) groups excluding carboxylic acids is 1. The number of aliphatic carboxylic acids is 1. The lowest BCUT2D eigenvalue weighted by Gasteiger charge is -2.42. The summed E-state index contributed by atoms with van der Waals surface area (Å²) in [6, 6.07) is 0.173. The van der Waals surface area contributed by atoms with E-state index in [1.54, 1.807) is 0 Å². The monoisotopic (exact) mass is 270 g/mol. The molecule has 1 atom stereocenters. The molecule has 0 radical (unpaired) electrons. The fourth-order valence-corrected chi connectivity index (χ4v) is 2.10. The first-order valence-corrected chi connectivity index (χ1v) is 6.43. The maximum absolute atomic E-state index is 11.7. The number of carboxylic acid groups (broad SMARTS) is 1. The number of hydrogen-bond donors (Lipinski definition) is 3. The highest BCUT2D eigenvalue weighted by atomic mass is 16.4. The van der Waals surface area contributed by atoms with Crippen molar-refractivity contribution < 1.29 is 19.8 Å². The van der Waals surface area contributed by atoms with E-state index in [-0.39, 0.29) is 18.6 Å². The molecule has 1 aliphatic carbocycles. The van der Waals surface area contributed by atoms with Crippen molar-refractivity contribution in [2.45, 2.75) is 44.4 Å². The van der Waals surface area contributed by atoms with Crippen molar-refractivity contribution in [2.75, 3.05) is 13.1 Å². The molecule has 1 aliphatic rings. The SMILES string of the molecule is C=CC(C)(O)C(=O)NC1CC(N(CC)CC(=O)O)C1. The van der Waals surface area contributed by atoms with E-state index in [0.29, 0.717) is 19.4 Å². The number of rotatable bonds is 7. The van der Waals surface area contributed by atoms with Crippen LogP contribution in [-0.4, -0.2) is 57.8 Å².